The second kappa shape index (κ2) is 3.73. The molecule has 0 saturated heterocycles. The van der Waals surface area contributed by atoms with Crippen LogP contribution < -0.4 is 4.74 Å². The molecule has 92 valence electrons. The Kier molecular flexibility index (Phi) is 2.61. The van der Waals surface area contributed by atoms with Crippen molar-refractivity contribution in [2.24, 2.45) is 0 Å². The predicted octanol–water partition coefficient (Wildman–Crippen LogP) is 1.11. The lowest BCUT2D eigenvalue weighted by Crippen LogP contribution is -2.11. The van der Waals surface area contributed by atoms with E-state index in [0.29, 0.717) is 12.0 Å². The molecular weight excluding hydrogens is 244 g/mol. The van der Waals surface area contributed by atoms with E-state index in [-0.39, 0.29) is 16.2 Å². The first-order valence-corrected chi connectivity index (χ1v) is 6.61. The number of sulfone groups is 1. The first kappa shape index (κ1) is 11.9. The molecule has 17 heavy (non-hydrogen) atoms. The maximum absolute atomic E-state index is 11.9. The molecule has 1 heterocycles. The van der Waals surface area contributed by atoms with Crippen LogP contribution in [0, 0.1) is 0 Å². The molecule has 0 fully saturated rings. The van der Waals surface area contributed by atoms with Gasteiger partial charge in [-0.1, -0.05) is 0 Å². The van der Waals surface area contributed by atoms with Crippen LogP contribution >= 0.6 is 0 Å². The Morgan fingerprint density at radius 1 is 1.47 bits per heavy atom. The van der Waals surface area contributed by atoms with E-state index in [1.54, 1.807) is 6.92 Å². The molecule has 2 rings (SSSR count). The zero-order valence-electron chi connectivity index (χ0n) is 9.43. The topological polar surface area (TPSA) is 80.7 Å². The summed E-state index contributed by atoms with van der Waals surface area (Å²) >= 11 is 0. The van der Waals surface area contributed by atoms with Crippen LogP contribution in [0.5, 0.6) is 5.75 Å². The number of methoxy groups -OCH3 is 1. The Hall–Kier alpha value is -1.56. The number of benzene rings is 1. The third-order valence-electron chi connectivity index (χ3n) is 2.98. The molecule has 1 unspecified atom stereocenters. The minimum atomic E-state index is -3.33. The highest BCUT2D eigenvalue weighted by Gasteiger charge is 2.37. The third kappa shape index (κ3) is 1.59. The van der Waals surface area contributed by atoms with Crippen LogP contribution in [0.3, 0.4) is 0 Å². The van der Waals surface area contributed by atoms with Gasteiger partial charge in [-0.25, -0.2) is 13.2 Å². The van der Waals surface area contributed by atoms with E-state index in [1.807, 2.05) is 0 Å². The lowest BCUT2D eigenvalue weighted by atomic mass is 10.0. The average Bonchev–Trinajstić information content (AvgIpc) is 2.49. The molecule has 1 atom stereocenters. The number of carboxylic acid groups (broad SMARTS) is 1. The average molecular weight is 256 g/mol. The zero-order valence-corrected chi connectivity index (χ0v) is 10.2. The Labute approximate surface area is 98.9 Å². The summed E-state index contributed by atoms with van der Waals surface area (Å²) in [7, 11) is -1.99. The number of ether oxygens (including phenoxy) is 1. The lowest BCUT2D eigenvalue weighted by Gasteiger charge is -2.09. The summed E-state index contributed by atoms with van der Waals surface area (Å²) < 4.78 is 28.9. The van der Waals surface area contributed by atoms with E-state index >= 15 is 0 Å². The van der Waals surface area contributed by atoms with Crippen molar-refractivity contribution in [3.63, 3.8) is 0 Å². The standard InChI is InChI=1S/C11H12O5S/c1-6-5-8-9(17(6,14)15)4-3-7(11(12)13)10(8)16-2/h3-4,6H,5H2,1-2H3,(H,12,13). The quantitative estimate of drug-likeness (QED) is 0.857. The minimum absolute atomic E-state index is 0.00412. The van der Waals surface area contributed by atoms with Crippen molar-refractivity contribution in [1.29, 1.82) is 0 Å². The van der Waals surface area contributed by atoms with Gasteiger partial charge in [0.25, 0.3) is 0 Å². The van der Waals surface area contributed by atoms with Crippen molar-refractivity contribution >= 4 is 15.8 Å². The van der Waals surface area contributed by atoms with Gasteiger partial charge >= 0.3 is 5.97 Å². The number of rotatable bonds is 2. The SMILES string of the molecule is COc1c(C(=O)O)ccc2c1CC(C)S2(=O)=O. The van der Waals surface area contributed by atoms with Gasteiger partial charge in [0.15, 0.2) is 9.84 Å². The molecule has 0 spiro atoms. The van der Waals surface area contributed by atoms with E-state index in [1.165, 1.54) is 19.2 Å². The van der Waals surface area contributed by atoms with Crippen LogP contribution in [0.1, 0.15) is 22.8 Å². The number of hydrogen-bond donors (Lipinski definition) is 1. The van der Waals surface area contributed by atoms with Gasteiger partial charge in [-0.15, -0.1) is 0 Å². The molecule has 1 aromatic rings. The van der Waals surface area contributed by atoms with Crippen molar-refractivity contribution in [3.8, 4) is 5.75 Å². The van der Waals surface area contributed by atoms with Crippen molar-refractivity contribution in [1.82, 2.24) is 0 Å². The number of carbonyl (C=O) groups is 1. The minimum Gasteiger partial charge on any atom is -0.496 e. The Morgan fingerprint density at radius 2 is 2.12 bits per heavy atom. The molecule has 0 radical (unpaired) electrons. The molecule has 0 aromatic heterocycles. The fourth-order valence-corrected chi connectivity index (χ4v) is 3.68. The van der Waals surface area contributed by atoms with Crippen molar-refractivity contribution in [2.45, 2.75) is 23.5 Å². The fourth-order valence-electron chi connectivity index (χ4n) is 2.09. The summed E-state index contributed by atoms with van der Waals surface area (Å²) in [6.45, 7) is 1.61. The van der Waals surface area contributed by atoms with Crippen LogP contribution in [-0.2, 0) is 16.3 Å². The molecule has 0 aliphatic carbocycles. The Morgan fingerprint density at radius 3 is 2.65 bits per heavy atom. The summed E-state index contributed by atoms with van der Waals surface area (Å²) in [6, 6.07) is 2.62. The second-order valence-electron chi connectivity index (χ2n) is 3.99. The maximum Gasteiger partial charge on any atom is 0.339 e. The van der Waals surface area contributed by atoms with Gasteiger partial charge in [0.05, 0.1) is 17.3 Å². The van der Waals surface area contributed by atoms with Gasteiger partial charge < -0.3 is 9.84 Å². The van der Waals surface area contributed by atoms with Crippen molar-refractivity contribution in [2.75, 3.05) is 7.11 Å². The van der Waals surface area contributed by atoms with Gasteiger partial charge in [-0.2, -0.15) is 0 Å². The molecule has 1 N–H and O–H groups in total. The number of hydrogen-bond acceptors (Lipinski definition) is 4. The number of aromatic carboxylic acids is 1. The summed E-state index contributed by atoms with van der Waals surface area (Å²) in [5.41, 5.74) is 0.468. The highest BCUT2D eigenvalue weighted by molar-refractivity contribution is 7.92. The molecule has 5 nitrogen and oxygen atoms in total. The zero-order chi connectivity index (χ0) is 12.8. The highest BCUT2D eigenvalue weighted by atomic mass is 32.2. The normalized spacial score (nSPS) is 20.9. The summed E-state index contributed by atoms with van der Waals surface area (Å²) in [5.74, 6) is -0.968. The number of carboxylic acids is 1. The Bertz CT molecular complexity index is 588. The van der Waals surface area contributed by atoms with Gasteiger partial charge in [-0.3, -0.25) is 0 Å². The van der Waals surface area contributed by atoms with E-state index in [9.17, 15) is 13.2 Å². The smallest absolute Gasteiger partial charge is 0.339 e. The molecule has 1 aliphatic heterocycles. The molecule has 0 amide bonds. The van der Waals surface area contributed by atoms with Gasteiger partial charge in [0.1, 0.15) is 11.3 Å². The molecule has 1 aromatic carbocycles. The third-order valence-corrected chi connectivity index (χ3v) is 5.20. The van der Waals surface area contributed by atoms with Crippen LogP contribution in [0.25, 0.3) is 0 Å². The molecule has 0 saturated carbocycles. The predicted molar refractivity (Wildman–Crippen MR) is 60.3 cm³/mol. The summed E-state index contributed by atoms with van der Waals surface area (Å²) in [5, 5.41) is 8.46. The monoisotopic (exact) mass is 256 g/mol. The molecule has 6 heteroatoms. The van der Waals surface area contributed by atoms with Crippen molar-refractivity contribution < 1.29 is 23.1 Å². The van der Waals surface area contributed by atoms with E-state index in [0.717, 1.165) is 0 Å². The summed E-state index contributed by atoms with van der Waals surface area (Å²) in [4.78, 5) is 11.2. The van der Waals surface area contributed by atoms with E-state index in [4.69, 9.17) is 9.84 Å². The lowest BCUT2D eigenvalue weighted by molar-refractivity contribution is 0.0693. The molecular formula is C11H12O5S. The summed E-state index contributed by atoms with van der Waals surface area (Å²) in [6.07, 6.45) is 0.294. The Balaban J connectivity index is 2.75. The van der Waals surface area contributed by atoms with Crippen molar-refractivity contribution in [3.05, 3.63) is 23.3 Å². The van der Waals surface area contributed by atoms with Gasteiger partial charge in [-0.05, 0) is 25.5 Å². The van der Waals surface area contributed by atoms with Gasteiger partial charge in [0.2, 0.25) is 0 Å². The molecule has 1 aliphatic rings. The highest BCUT2D eigenvalue weighted by Crippen LogP contribution is 2.38. The largest absolute Gasteiger partial charge is 0.496 e. The maximum atomic E-state index is 11.9. The van der Waals surface area contributed by atoms with Crippen LogP contribution in [0.2, 0.25) is 0 Å². The van der Waals surface area contributed by atoms with Crippen LogP contribution in [0.4, 0.5) is 0 Å². The second-order valence-corrected chi connectivity index (χ2v) is 6.32. The van der Waals surface area contributed by atoms with Crippen LogP contribution in [0.15, 0.2) is 17.0 Å². The number of fused-ring (bicyclic) bond motifs is 1. The van der Waals surface area contributed by atoms with E-state index in [2.05, 4.69) is 0 Å². The van der Waals surface area contributed by atoms with Crippen LogP contribution in [-0.4, -0.2) is 31.9 Å². The first-order chi connectivity index (χ1) is 7.89. The fraction of sp³-hybridized carbons (Fsp3) is 0.364. The van der Waals surface area contributed by atoms with Gasteiger partial charge in [0, 0.05) is 5.56 Å². The first-order valence-electron chi connectivity index (χ1n) is 5.06. The molecule has 0 bridgehead atoms. The van der Waals surface area contributed by atoms with E-state index < -0.39 is 21.1 Å².